The van der Waals surface area contributed by atoms with E-state index in [2.05, 4.69) is 16.5 Å². The topological polar surface area (TPSA) is 15.3 Å². The Kier molecular flexibility index (Phi) is 5.17. The van der Waals surface area contributed by atoms with Crippen molar-refractivity contribution < 1.29 is 4.39 Å². The fourth-order valence-corrected chi connectivity index (χ4v) is 2.71. The summed E-state index contributed by atoms with van der Waals surface area (Å²) in [5.41, 5.74) is 1.64. The lowest BCUT2D eigenvalue weighted by Gasteiger charge is -2.19. The zero-order chi connectivity index (χ0) is 12.8. The molecule has 0 saturated carbocycles. The molecule has 0 aliphatic carbocycles. The van der Waals surface area contributed by atoms with E-state index in [1.54, 1.807) is 6.07 Å². The van der Waals surface area contributed by atoms with Crippen LogP contribution in [0.4, 0.5) is 15.8 Å². The molecule has 1 aliphatic rings. The monoisotopic (exact) mass is 268 g/mol. The van der Waals surface area contributed by atoms with Gasteiger partial charge in [-0.15, -0.1) is 0 Å². The van der Waals surface area contributed by atoms with Crippen molar-refractivity contribution in [2.24, 2.45) is 0 Å². The predicted octanol–water partition coefficient (Wildman–Crippen LogP) is 3.59. The molecule has 0 spiro atoms. The number of nitrogens with zero attached hydrogens (tertiary/aromatic N) is 1. The van der Waals surface area contributed by atoms with Crippen molar-refractivity contribution in [2.45, 2.75) is 19.3 Å². The van der Waals surface area contributed by atoms with Crippen molar-refractivity contribution in [3.05, 3.63) is 24.0 Å². The molecule has 2 nitrogen and oxygen atoms in total. The minimum Gasteiger partial charge on any atom is -0.385 e. The number of anilines is 2. The molecule has 4 heteroatoms. The molecule has 1 heterocycles. The Morgan fingerprint density at radius 3 is 2.78 bits per heavy atom. The van der Waals surface area contributed by atoms with Crippen LogP contribution < -0.4 is 10.2 Å². The van der Waals surface area contributed by atoms with E-state index in [4.69, 9.17) is 0 Å². The fraction of sp³-hybridized carbons (Fsp3) is 0.571. The van der Waals surface area contributed by atoms with Crippen molar-refractivity contribution in [3.8, 4) is 0 Å². The molecule has 0 aromatic heterocycles. The summed E-state index contributed by atoms with van der Waals surface area (Å²) in [6.45, 7) is 2.87. The lowest BCUT2D eigenvalue weighted by Crippen LogP contribution is -2.19. The lowest BCUT2D eigenvalue weighted by molar-refractivity contribution is 0.623. The minimum absolute atomic E-state index is 0.105. The van der Waals surface area contributed by atoms with Gasteiger partial charge in [-0.2, -0.15) is 11.8 Å². The second-order valence-corrected chi connectivity index (χ2v) is 5.62. The highest BCUT2D eigenvalue weighted by Crippen LogP contribution is 2.25. The Balaban J connectivity index is 1.92. The second kappa shape index (κ2) is 6.88. The van der Waals surface area contributed by atoms with Crippen LogP contribution in [-0.2, 0) is 0 Å². The average molecular weight is 268 g/mol. The Morgan fingerprint density at radius 2 is 2.11 bits per heavy atom. The number of hydrogen-bond donors (Lipinski definition) is 1. The molecule has 1 aromatic carbocycles. The largest absolute Gasteiger partial charge is 0.385 e. The minimum atomic E-state index is -0.105. The number of benzene rings is 1. The third-order valence-electron chi connectivity index (χ3n) is 3.25. The number of thioether (sulfide) groups is 1. The summed E-state index contributed by atoms with van der Waals surface area (Å²) in [7, 11) is 0. The van der Waals surface area contributed by atoms with E-state index in [9.17, 15) is 4.39 Å². The predicted molar refractivity (Wildman–Crippen MR) is 79.3 cm³/mol. The summed E-state index contributed by atoms with van der Waals surface area (Å²) in [5, 5.41) is 3.27. The SMILES string of the molecule is CSCCCNc1ccc(N2CCCC2)c(F)c1. The van der Waals surface area contributed by atoms with Crippen LogP contribution in [0.15, 0.2) is 18.2 Å². The average Bonchev–Trinajstić information content (AvgIpc) is 2.88. The highest BCUT2D eigenvalue weighted by atomic mass is 32.2. The van der Waals surface area contributed by atoms with Gasteiger partial charge in [-0.05, 0) is 49.5 Å². The molecule has 1 saturated heterocycles. The maximum atomic E-state index is 14.0. The van der Waals surface area contributed by atoms with E-state index < -0.39 is 0 Å². The molecule has 1 N–H and O–H groups in total. The van der Waals surface area contributed by atoms with Crippen LogP contribution in [0.5, 0.6) is 0 Å². The molecule has 2 rings (SSSR count). The second-order valence-electron chi connectivity index (χ2n) is 4.63. The van der Waals surface area contributed by atoms with Crippen molar-refractivity contribution in [3.63, 3.8) is 0 Å². The van der Waals surface area contributed by atoms with E-state index in [0.717, 1.165) is 43.2 Å². The van der Waals surface area contributed by atoms with Crippen LogP contribution in [-0.4, -0.2) is 31.6 Å². The van der Waals surface area contributed by atoms with E-state index in [0.29, 0.717) is 0 Å². The van der Waals surface area contributed by atoms with Gasteiger partial charge in [-0.1, -0.05) is 0 Å². The van der Waals surface area contributed by atoms with Gasteiger partial charge in [0.05, 0.1) is 5.69 Å². The van der Waals surface area contributed by atoms with Crippen LogP contribution in [0, 0.1) is 5.82 Å². The van der Waals surface area contributed by atoms with Crippen molar-refractivity contribution in [2.75, 3.05) is 41.9 Å². The van der Waals surface area contributed by atoms with Gasteiger partial charge in [0.25, 0.3) is 0 Å². The molecule has 1 fully saturated rings. The van der Waals surface area contributed by atoms with Gasteiger partial charge < -0.3 is 10.2 Å². The van der Waals surface area contributed by atoms with Crippen LogP contribution >= 0.6 is 11.8 Å². The van der Waals surface area contributed by atoms with Gasteiger partial charge >= 0.3 is 0 Å². The van der Waals surface area contributed by atoms with E-state index in [1.165, 1.54) is 12.8 Å². The highest BCUT2D eigenvalue weighted by molar-refractivity contribution is 7.98. The summed E-state index contributed by atoms with van der Waals surface area (Å²) in [6.07, 6.45) is 5.56. The summed E-state index contributed by atoms with van der Waals surface area (Å²) in [4.78, 5) is 2.13. The highest BCUT2D eigenvalue weighted by Gasteiger charge is 2.15. The molecule has 18 heavy (non-hydrogen) atoms. The van der Waals surface area contributed by atoms with Crippen molar-refractivity contribution >= 4 is 23.1 Å². The molecular formula is C14H21FN2S. The third kappa shape index (κ3) is 3.55. The molecule has 1 aliphatic heterocycles. The normalized spacial score (nSPS) is 15.1. The van der Waals surface area contributed by atoms with Crippen LogP contribution in [0.1, 0.15) is 19.3 Å². The first-order valence-electron chi connectivity index (χ1n) is 6.58. The summed E-state index contributed by atoms with van der Waals surface area (Å²) >= 11 is 1.84. The van der Waals surface area contributed by atoms with E-state index in [1.807, 2.05) is 23.9 Å². The number of rotatable bonds is 6. The Labute approximate surface area is 113 Å². The molecule has 1 aromatic rings. The smallest absolute Gasteiger partial charge is 0.148 e. The molecule has 0 bridgehead atoms. The van der Waals surface area contributed by atoms with Gasteiger partial charge in [0.1, 0.15) is 5.82 Å². The van der Waals surface area contributed by atoms with Gasteiger partial charge in [0.15, 0.2) is 0 Å². The third-order valence-corrected chi connectivity index (χ3v) is 3.95. The number of hydrogen-bond acceptors (Lipinski definition) is 3. The van der Waals surface area contributed by atoms with Crippen LogP contribution in [0.2, 0.25) is 0 Å². The van der Waals surface area contributed by atoms with Gasteiger partial charge in [-0.3, -0.25) is 0 Å². The number of nitrogens with one attached hydrogen (secondary N) is 1. The first kappa shape index (κ1) is 13.5. The number of halogens is 1. The Morgan fingerprint density at radius 1 is 1.33 bits per heavy atom. The zero-order valence-electron chi connectivity index (χ0n) is 10.9. The summed E-state index contributed by atoms with van der Waals surface area (Å²) in [5.74, 6) is 1.04. The van der Waals surface area contributed by atoms with E-state index in [-0.39, 0.29) is 5.82 Å². The first-order chi connectivity index (χ1) is 8.81. The molecule has 100 valence electrons. The molecular weight excluding hydrogens is 247 g/mol. The lowest BCUT2D eigenvalue weighted by atomic mass is 10.2. The summed E-state index contributed by atoms with van der Waals surface area (Å²) in [6, 6.07) is 5.50. The molecule has 0 unspecified atom stereocenters. The van der Waals surface area contributed by atoms with Crippen LogP contribution in [0.3, 0.4) is 0 Å². The van der Waals surface area contributed by atoms with Crippen molar-refractivity contribution in [1.82, 2.24) is 0 Å². The van der Waals surface area contributed by atoms with E-state index >= 15 is 0 Å². The fourth-order valence-electron chi connectivity index (χ4n) is 2.28. The van der Waals surface area contributed by atoms with Crippen molar-refractivity contribution in [1.29, 1.82) is 0 Å². The quantitative estimate of drug-likeness (QED) is 0.794. The maximum absolute atomic E-state index is 14.0. The summed E-state index contributed by atoms with van der Waals surface area (Å²) < 4.78 is 14.0. The molecule has 0 radical (unpaired) electrons. The van der Waals surface area contributed by atoms with Crippen LogP contribution in [0.25, 0.3) is 0 Å². The standard InChI is InChI=1S/C14H21FN2S/c1-18-10-4-7-16-12-5-6-14(13(15)11-12)17-8-2-3-9-17/h5-6,11,16H,2-4,7-10H2,1H3. The molecule has 0 amide bonds. The first-order valence-corrected chi connectivity index (χ1v) is 7.98. The Bertz CT molecular complexity index is 378. The Hall–Kier alpha value is -0.900. The zero-order valence-corrected chi connectivity index (χ0v) is 11.7. The maximum Gasteiger partial charge on any atom is 0.148 e. The van der Waals surface area contributed by atoms with Gasteiger partial charge in [0.2, 0.25) is 0 Å². The van der Waals surface area contributed by atoms with Gasteiger partial charge in [-0.25, -0.2) is 4.39 Å². The van der Waals surface area contributed by atoms with Gasteiger partial charge in [0, 0.05) is 25.3 Å². The molecule has 0 atom stereocenters.